The van der Waals surface area contributed by atoms with Gasteiger partial charge in [-0.25, -0.2) is 9.97 Å². The first-order valence-electron chi connectivity index (χ1n) is 5.73. The number of halogens is 1. The van der Waals surface area contributed by atoms with Crippen LogP contribution >= 0.6 is 11.6 Å². The topological polar surface area (TPSA) is 55.0 Å². The van der Waals surface area contributed by atoms with E-state index < -0.39 is 0 Å². The smallest absolute Gasteiger partial charge is 0.157 e. The first-order chi connectivity index (χ1) is 7.72. The molecule has 1 aromatic heterocycles. The van der Waals surface area contributed by atoms with Crippen molar-refractivity contribution in [2.45, 2.75) is 26.2 Å². The van der Waals surface area contributed by atoms with Crippen LogP contribution in [0.2, 0.25) is 5.15 Å². The summed E-state index contributed by atoms with van der Waals surface area (Å²) < 4.78 is 0. The maximum atomic E-state index is 5.90. The van der Waals surface area contributed by atoms with Gasteiger partial charge < -0.3 is 10.6 Å². The van der Waals surface area contributed by atoms with E-state index in [0.717, 1.165) is 24.8 Å². The zero-order chi connectivity index (χ0) is 11.5. The van der Waals surface area contributed by atoms with Crippen LogP contribution in [0.3, 0.4) is 0 Å². The van der Waals surface area contributed by atoms with Crippen LogP contribution < -0.4 is 10.6 Å². The summed E-state index contributed by atoms with van der Waals surface area (Å²) in [6.07, 6.45) is 5.17. The molecule has 2 heterocycles. The predicted octanol–water partition coefficient (Wildman–Crippen LogP) is 2.34. The van der Waals surface area contributed by atoms with E-state index in [4.69, 9.17) is 17.3 Å². The Morgan fingerprint density at radius 3 is 3.12 bits per heavy atom. The summed E-state index contributed by atoms with van der Waals surface area (Å²) in [5, 5.41) is 0.351. The second-order valence-electron chi connectivity index (χ2n) is 4.26. The molecule has 0 bridgehead atoms. The number of aromatic nitrogens is 2. The largest absolute Gasteiger partial charge is 0.393 e. The van der Waals surface area contributed by atoms with Crippen molar-refractivity contribution in [1.82, 2.24) is 9.97 Å². The van der Waals surface area contributed by atoms with Gasteiger partial charge in [-0.1, -0.05) is 24.9 Å². The van der Waals surface area contributed by atoms with E-state index in [1.165, 1.54) is 25.6 Å². The van der Waals surface area contributed by atoms with Crippen LogP contribution in [-0.4, -0.2) is 23.1 Å². The van der Waals surface area contributed by atoms with Crippen LogP contribution in [0.15, 0.2) is 6.33 Å². The zero-order valence-corrected chi connectivity index (χ0v) is 10.2. The third kappa shape index (κ3) is 2.21. The molecule has 0 saturated carbocycles. The van der Waals surface area contributed by atoms with E-state index in [1.807, 2.05) is 0 Å². The number of piperidine rings is 1. The Kier molecular flexibility index (Phi) is 3.49. The number of anilines is 2. The Hall–Kier alpha value is -1.03. The minimum absolute atomic E-state index is 0.351. The number of nitrogen functional groups attached to an aromatic ring is 1. The molecule has 4 nitrogen and oxygen atoms in total. The van der Waals surface area contributed by atoms with Crippen molar-refractivity contribution in [2.24, 2.45) is 5.92 Å². The lowest BCUT2D eigenvalue weighted by Gasteiger charge is -2.33. The third-order valence-electron chi connectivity index (χ3n) is 3.21. The monoisotopic (exact) mass is 240 g/mol. The molecule has 16 heavy (non-hydrogen) atoms. The predicted molar refractivity (Wildman–Crippen MR) is 66.7 cm³/mol. The fraction of sp³-hybridized carbons (Fsp3) is 0.636. The maximum Gasteiger partial charge on any atom is 0.157 e. The summed E-state index contributed by atoms with van der Waals surface area (Å²) in [5.41, 5.74) is 6.40. The molecule has 88 valence electrons. The Morgan fingerprint density at radius 1 is 1.56 bits per heavy atom. The van der Waals surface area contributed by atoms with Gasteiger partial charge in [0.05, 0.1) is 0 Å². The van der Waals surface area contributed by atoms with Crippen molar-refractivity contribution >= 4 is 23.1 Å². The summed E-state index contributed by atoms with van der Waals surface area (Å²) in [7, 11) is 0. The minimum Gasteiger partial charge on any atom is -0.393 e. The molecule has 0 spiro atoms. The van der Waals surface area contributed by atoms with Gasteiger partial charge in [0.1, 0.15) is 12.0 Å². The highest BCUT2D eigenvalue weighted by Crippen LogP contribution is 2.29. The molecule has 1 unspecified atom stereocenters. The molecule has 0 aromatic carbocycles. The summed E-state index contributed by atoms with van der Waals surface area (Å²) >= 11 is 5.90. The fourth-order valence-electron chi connectivity index (χ4n) is 2.21. The van der Waals surface area contributed by atoms with E-state index in [0.29, 0.717) is 10.8 Å². The summed E-state index contributed by atoms with van der Waals surface area (Å²) in [4.78, 5) is 10.3. The van der Waals surface area contributed by atoms with Crippen LogP contribution in [0.5, 0.6) is 0 Å². The average Bonchev–Trinajstić information content (AvgIpc) is 2.33. The van der Waals surface area contributed by atoms with Gasteiger partial charge in [-0.05, 0) is 18.8 Å². The summed E-state index contributed by atoms with van der Waals surface area (Å²) in [6.45, 7) is 4.26. The van der Waals surface area contributed by atoms with Gasteiger partial charge in [-0.3, -0.25) is 0 Å². The van der Waals surface area contributed by atoms with E-state index in [-0.39, 0.29) is 0 Å². The molecular formula is C11H17ClN4. The molecule has 2 rings (SSSR count). The van der Waals surface area contributed by atoms with Crippen molar-refractivity contribution in [2.75, 3.05) is 23.7 Å². The van der Waals surface area contributed by atoms with Crippen LogP contribution in [0.1, 0.15) is 26.2 Å². The highest BCUT2D eigenvalue weighted by Gasteiger charge is 2.21. The highest BCUT2D eigenvalue weighted by molar-refractivity contribution is 6.32. The Labute approximate surface area is 101 Å². The van der Waals surface area contributed by atoms with Crippen LogP contribution in [0, 0.1) is 5.92 Å². The molecule has 0 aliphatic carbocycles. The quantitative estimate of drug-likeness (QED) is 0.807. The van der Waals surface area contributed by atoms with Gasteiger partial charge in [0.2, 0.25) is 0 Å². The second kappa shape index (κ2) is 4.87. The lowest BCUT2D eigenvalue weighted by molar-refractivity contribution is 0.403. The van der Waals surface area contributed by atoms with Crippen LogP contribution in [0.4, 0.5) is 11.5 Å². The molecule has 0 radical (unpaired) electrons. The fourth-order valence-corrected chi connectivity index (χ4v) is 2.34. The van der Waals surface area contributed by atoms with E-state index >= 15 is 0 Å². The number of hydrogen-bond donors (Lipinski definition) is 1. The summed E-state index contributed by atoms with van der Waals surface area (Å²) in [5.74, 6) is 1.53. The molecule has 1 saturated heterocycles. The van der Waals surface area contributed by atoms with Crippen LogP contribution in [-0.2, 0) is 0 Å². The molecule has 0 amide bonds. The Morgan fingerprint density at radius 2 is 2.38 bits per heavy atom. The van der Waals surface area contributed by atoms with Gasteiger partial charge in [-0.15, -0.1) is 0 Å². The molecule has 1 aromatic rings. The van der Waals surface area contributed by atoms with Gasteiger partial charge in [0.25, 0.3) is 0 Å². The van der Waals surface area contributed by atoms with Gasteiger partial charge >= 0.3 is 0 Å². The number of hydrogen-bond acceptors (Lipinski definition) is 4. The van der Waals surface area contributed by atoms with Crippen LogP contribution in [0.25, 0.3) is 0 Å². The number of rotatable bonds is 2. The van der Waals surface area contributed by atoms with Gasteiger partial charge in [-0.2, -0.15) is 0 Å². The lowest BCUT2D eigenvalue weighted by atomic mass is 9.96. The SMILES string of the molecule is CCC1CCCN(c2ncnc(Cl)c2N)C1. The second-order valence-corrected chi connectivity index (χ2v) is 4.62. The molecule has 1 aliphatic heterocycles. The number of nitrogens with zero attached hydrogens (tertiary/aromatic N) is 3. The number of nitrogens with two attached hydrogens (primary N) is 1. The third-order valence-corrected chi connectivity index (χ3v) is 3.51. The maximum absolute atomic E-state index is 5.90. The highest BCUT2D eigenvalue weighted by atomic mass is 35.5. The zero-order valence-electron chi connectivity index (χ0n) is 9.49. The van der Waals surface area contributed by atoms with Crippen molar-refractivity contribution in [3.05, 3.63) is 11.5 Å². The minimum atomic E-state index is 0.351. The molecule has 1 aliphatic rings. The molecule has 2 N–H and O–H groups in total. The normalized spacial score (nSPS) is 21.1. The van der Waals surface area contributed by atoms with Crippen molar-refractivity contribution in [3.8, 4) is 0 Å². The Bertz CT molecular complexity index is 369. The molecular weight excluding hydrogens is 224 g/mol. The summed E-state index contributed by atoms with van der Waals surface area (Å²) in [6, 6.07) is 0. The van der Waals surface area contributed by atoms with Gasteiger partial charge in [0.15, 0.2) is 11.0 Å². The molecule has 5 heteroatoms. The average molecular weight is 241 g/mol. The van der Waals surface area contributed by atoms with Crippen molar-refractivity contribution in [1.29, 1.82) is 0 Å². The van der Waals surface area contributed by atoms with E-state index in [1.54, 1.807) is 0 Å². The Balaban J connectivity index is 2.20. The van der Waals surface area contributed by atoms with E-state index in [2.05, 4.69) is 21.8 Å². The van der Waals surface area contributed by atoms with E-state index in [9.17, 15) is 0 Å². The van der Waals surface area contributed by atoms with Crippen molar-refractivity contribution in [3.63, 3.8) is 0 Å². The van der Waals surface area contributed by atoms with Gasteiger partial charge in [0, 0.05) is 13.1 Å². The first kappa shape index (κ1) is 11.5. The lowest BCUT2D eigenvalue weighted by Crippen LogP contribution is -2.36. The molecule has 1 fully saturated rings. The van der Waals surface area contributed by atoms with Crippen molar-refractivity contribution < 1.29 is 0 Å². The standard InChI is InChI=1S/C11H17ClN4/c1-2-8-4-3-5-16(6-8)11-9(13)10(12)14-7-15-11/h7-8H,2-6,13H2,1H3. The first-order valence-corrected chi connectivity index (χ1v) is 6.11. The molecule has 1 atom stereocenters.